The average molecular weight is 543 g/mol. The number of ether oxygens (including phenoxy) is 1. The maximum atomic E-state index is 13.5. The number of likely N-dealkylation sites (tertiary alicyclic amines) is 1. The third-order valence-electron chi connectivity index (χ3n) is 6.97. The molecule has 1 aliphatic heterocycles. The van der Waals surface area contributed by atoms with Crippen molar-refractivity contribution in [2.45, 2.75) is 32.7 Å². The average Bonchev–Trinajstić information content (AvgIpc) is 3.37. The van der Waals surface area contributed by atoms with Crippen LogP contribution in [0.1, 0.15) is 41.7 Å². The Morgan fingerprint density at radius 1 is 1.23 bits per heavy atom. The number of aryl methyl sites for hydroxylation is 1. The fraction of sp³-hybridized carbons (Fsp3) is 0.300. The first-order valence-electron chi connectivity index (χ1n) is 13.1. The smallest absolute Gasteiger partial charge is 0.343 e. The van der Waals surface area contributed by atoms with Gasteiger partial charge in [-0.05, 0) is 50.5 Å². The standard InChI is InChI=1S/C30H34N6O4/c1-6-31-25(28(38)23-16-20(2)27(34(4)19-37)26(18-23)40-5)17-21(3)35-14-12-24(13-15-35)36-30(39)32-29(33-36)22-10-8-7-9-11-22/h6-11,16-19,24H,3,12-15H2,1-2,4-5H3,(H,32,33,39)/b25-17-,31-6?. The van der Waals surface area contributed by atoms with E-state index in [1.54, 1.807) is 38.4 Å². The zero-order valence-electron chi connectivity index (χ0n) is 23.3. The number of anilines is 1. The molecule has 1 saturated heterocycles. The van der Waals surface area contributed by atoms with Gasteiger partial charge in [0.05, 0.1) is 18.8 Å². The lowest BCUT2D eigenvalue weighted by Gasteiger charge is -2.33. The van der Waals surface area contributed by atoms with Crippen LogP contribution in [0.15, 0.2) is 76.3 Å². The zero-order valence-corrected chi connectivity index (χ0v) is 23.3. The molecule has 1 aliphatic rings. The van der Waals surface area contributed by atoms with Crippen molar-refractivity contribution in [3.05, 3.63) is 88.1 Å². The van der Waals surface area contributed by atoms with Crippen molar-refractivity contribution in [1.82, 2.24) is 19.7 Å². The molecular weight excluding hydrogens is 508 g/mol. The number of nitrogens with one attached hydrogen (secondary N) is 1. The highest BCUT2D eigenvalue weighted by Gasteiger charge is 2.25. The number of methoxy groups -OCH3 is 1. The highest BCUT2D eigenvalue weighted by molar-refractivity contribution is 6.10. The minimum atomic E-state index is -0.285. The molecule has 2 heterocycles. The van der Waals surface area contributed by atoms with Crippen LogP contribution in [-0.4, -0.2) is 65.3 Å². The van der Waals surface area contributed by atoms with E-state index in [0.717, 1.165) is 11.1 Å². The van der Waals surface area contributed by atoms with Crippen molar-refractivity contribution < 1.29 is 14.3 Å². The molecule has 0 unspecified atom stereocenters. The monoisotopic (exact) mass is 542 g/mol. The normalized spacial score (nSPS) is 14.4. The Morgan fingerprint density at radius 3 is 2.55 bits per heavy atom. The van der Waals surface area contributed by atoms with Crippen molar-refractivity contribution in [2.75, 3.05) is 32.1 Å². The number of aliphatic imine (C=N–C) groups is 1. The number of nitrogens with zero attached hydrogens (tertiary/aromatic N) is 5. The van der Waals surface area contributed by atoms with E-state index in [2.05, 4.69) is 26.6 Å². The van der Waals surface area contributed by atoms with E-state index >= 15 is 0 Å². The van der Waals surface area contributed by atoms with Gasteiger partial charge in [0, 0.05) is 43.2 Å². The van der Waals surface area contributed by atoms with Crippen LogP contribution >= 0.6 is 0 Å². The summed E-state index contributed by atoms with van der Waals surface area (Å²) in [6.45, 7) is 9.06. The number of H-pyrrole nitrogens is 1. The minimum Gasteiger partial charge on any atom is -0.495 e. The molecule has 10 nitrogen and oxygen atoms in total. The molecular formula is C30H34N6O4. The molecule has 0 bridgehead atoms. The lowest BCUT2D eigenvalue weighted by Crippen LogP contribution is -2.36. The lowest BCUT2D eigenvalue weighted by molar-refractivity contribution is -0.107. The third kappa shape index (κ3) is 5.96. The van der Waals surface area contributed by atoms with Gasteiger partial charge >= 0.3 is 5.69 Å². The molecule has 2 aromatic carbocycles. The zero-order chi connectivity index (χ0) is 28.8. The fourth-order valence-corrected chi connectivity index (χ4v) is 4.94. The summed E-state index contributed by atoms with van der Waals surface area (Å²) < 4.78 is 7.01. The van der Waals surface area contributed by atoms with E-state index in [1.165, 1.54) is 16.7 Å². The Bertz CT molecular complexity index is 1510. The number of carbonyl (C=O) groups is 2. The van der Waals surface area contributed by atoms with Gasteiger partial charge in [0.15, 0.2) is 5.82 Å². The Labute approximate surface area is 233 Å². The van der Waals surface area contributed by atoms with Gasteiger partial charge in [-0.25, -0.2) is 9.48 Å². The van der Waals surface area contributed by atoms with E-state index in [1.807, 2.05) is 37.3 Å². The molecule has 4 rings (SSSR count). The maximum absolute atomic E-state index is 13.5. The quantitative estimate of drug-likeness (QED) is 0.135. The molecule has 0 radical (unpaired) electrons. The summed E-state index contributed by atoms with van der Waals surface area (Å²) in [6.07, 6.45) is 5.35. The van der Waals surface area contributed by atoms with Gasteiger partial charge in [-0.3, -0.25) is 19.6 Å². The van der Waals surface area contributed by atoms with Crippen LogP contribution < -0.4 is 15.3 Å². The lowest BCUT2D eigenvalue weighted by atomic mass is 10.0. The Kier molecular flexibility index (Phi) is 8.78. The van der Waals surface area contributed by atoms with E-state index in [0.29, 0.717) is 60.9 Å². The fourth-order valence-electron chi connectivity index (χ4n) is 4.94. The molecule has 0 atom stereocenters. The van der Waals surface area contributed by atoms with Crippen LogP contribution in [0.25, 0.3) is 11.4 Å². The van der Waals surface area contributed by atoms with E-state index in [9.17, 15) is 14.4 Å². The summed E-state index contributed by atoms with van der Waals surface area (Å²) in [4.78, 5) is 48.1. The third-order valence-corrected chi connectivity index (χ3v) is 6.97. The molecule has 208 valence electrons. The predicted octanol–water partition coefficient (Wildman–Crippen LogP) is 4.16. The molecule has 3 aromatic rings. The van der Waals surface area contributed by atoms with Crippen molar-refractivity contribution >= 4 is 24.1 Å². The number of hydrogen-bond acceptors (Lipinski definition) is 7. The van der Waals surface area contributed by atoms with Crippen LogP contribution in [0.5, 0.6) is 5.75 Å². The number of piperidine rings is 1. The second-order valence-corrected chi connectivity index (χ2v) is 9.61. The molecule has 40 heavy (non-hydrogen) atoms. The van der Waals surface area contributed by atoms with E-state index in [4.69, 9.17) is 4.74 Å². The van der Waals surface area contributed by atoms with Crippen LogP contribution in [0, 0.1) is 6.92 Å². The van der Waals surface area contributed by atoms with Crippen molar-refractivity contribution in [1.29, 1.82) is 0 Å². The van der Waals surface area contributed by atoms with Crippen LogP contribution in [0.3, 0.4) is 0 Å². The largest absolute Gasteiger partial charge is 0.495 e. The number of aromatic amines is 1. The first kappa shape index (κ1) is 28.3. The minimum absolute atomic E-state index is 0.0394. The van der Waals surface area contributed by atoms with Crippen molar-refractivity contribution in [2.24, 2.45) is 4.99 Å². The van der Waals surface area contributed by atoms with Gasteiger partial charge < -0.3 is 14.5 Å². The van der Waals surface area contributed by atoms with Crippen LogP contribution in [0.2, 0.25) is 0 Å². The Morgan fingerprint density at radius 2 is 1.93 bits per heavy atom. The van der Waals surface area contributed by atoms with Gasteiger partial charge in [0.25, 0.3) is 0 Å². The molecule has 1 aromatic heterocycles. The number of aromatic nitrogens is 3. The highest BCUT2D eigenvalue weighted by atomic mass is 16.5. The maximum Gasteiger partial charge on any atom is 0.343 e. The predicted molar refractivity (Wildman–Crippen MR) is 156 cm³/mol. The topological polar surface area (TPSA) is 113 Å². The van der Waals surface area contributed by atoms with Gasteiger partial charge in [0.1, 0.15) is 11.4 Å². The first-order valence-corrected chi connectivity index (χ1v) is 13.1. The molecule has 1 N–H and O–H groups in total. The van der Waals surface area contributed by atoms with E-state index < -0.39 is 0 Å². The number of benzene rings is 2. The number of hydrogen-bond donors (Lipinski definition) is 1. The number of ketones is 1. The molecule has 0 saturated carbocycles. The summed E-state index contributed by atoms with van der Waals surface area (Å²) in [5.41, 5.74) is 3.25. The number of rotatable bonds is 10. The van der Waals surface area contributed by atoms with Crippen molar-refractivity contribution in [3.8, 4) is 17.1 Å². The molecule has 0 aliphatic carbocycles. The van der Waals surface area contributed by atoms with Crippen LogP contribution in [0.4, 0.5) is 5.69 Å². The summed E-state index contributed by atoms with van der Waals surface area (Å²) in [5, 5.41) is 4.55. The van der Waals surface area contributed by atoms with Crippen LogP contribution in [-0.2, 0) is 4.79 Å². The molecule has 1 amide bonds. The molecule has 1 fully saturated rings. The van der Waals surface area contributed by atoms with Gasteiger partial charge in [-0.1, -0.05) is 36.9 Å². The SMILES string of the molecule is C=C(/C=C(\N=CC)C(=O)c1cc(C)c(N(C)C=O)c(OC)c1)N1CCC(n2nc(-c3ccccc3)[nH]c2=O)CC1. The van der Waals surface area contributed by atoms with Gasteiger partial charge in [-0.15, -0.1) is 5.10 Å². The number of allylic oxidation sites excluding steroid dienone is 2. The number of amides is 1. The summed E-state index contributed by atoms with van der Waals surface area (Å²) >= 11 is 0. The Balaban J connectivity index is 1.49. The second kappa shape index (κ2) is 12.4. The summed E-state index contributed by atoms with van der Waals surface area (Å²) in [7, 11) is 3.13. The number of carbonyl (C=O) groups excluding carboxylic acids is 2. The van der Waals surface area contributed by atoms with Gasteiger partial charge in [0.2, 0.25) is 12.2 Å². The van der Waals surface area contributed by atoms with Gasteiger partial charge in [-0.2, -0.15) is 0 Å². The molecule has 10 heteroatoms. The highest BCUT2D eigenvalue weighted by Crippen LogP contribution is 2.33. The Hall–Kier alpha value is -4.73. The van der Waals surface area contributed by atoms with Crippen molar-refractivity contribution in [3.63, 3.8) is 0 Å². The second-order valence-electron chi connectivity index (χ2n) is 9.61. The number of Topliss-reactive ketones (excluding diaryl/α,β-unsaturated/α-hetero) is 1. The molecule has 0 spiro atoms. The van der Waals surface area contributed by atoms with E-state index in [-0.39, 0.29) is 23.2 Å². The summed E-state index contributed by atoms with van der Waals surface area (Å²) in [6, 6.07) is 12.9. The summed E-state index contributed by atoms with van der Waals surface area (Å²) in [5.74, 6) is 0.689. The first-order chi connectivity index (χ1) is 19.3.